The van der Waals surface area contributed by atoms with Crippen molar-refractivity contribution in [3.63, 3.8) is 0 Å². The molecular weight excluding hydrogens is 220 g/mol. The Bertz CT molecular complexity index is 361. The molecule has 0 saturated carbocycles. The molecule has 1 heterocycles. The molecule has 0 fully saturated rings. The summed E-state index contributed by atoms with van der Waals surface area (Å²) in [6.45, 7) is 14.8. The van der Waals surface area contributed by atoms with Crippen LogP contribution < -0.4 is 0 Å². The number of nitrogens with zero attached hydrogens (tertiary/aromatic N) is 2. The number of imidazole rings is 1. The van der Waals surface area contributed by atoms with Crippen molar-refractivity contribution in [2.24, 2.45) is 0 Å². The highest BCUT2D eigenvalue weighted by molar-refractivity contribution is 5.25. The van der Waals surface area contributed by atoms with Gasteiger partial charge in [-0.15, -0.1) is 0 Å². The molecule has 0 bridgehead atoms. The molecule has 0 radical (unpaired) electrons. The summed E-state index contributed by atoms with van der Waals surface area (Å²) in [6.07, 6.45) is 6.98. The summed E-state index contributed by atoms with van der Waals surface area (Å²) in [6, 6.07) is 0. The van der Waals surface area contributed by atoms with Crippen LogP contribution in [0.1, 0.15) is 84.5 Å². The van der Waals surface area contributed by atoms with Crippen molar-refractivity contribution in [3.05, 3.63) is 17.7 Å². The molecule has 0 amide bonds. The van der Waals surface area contributed by atoms with E-state index >= 15 is 0 Å². The van der Waals surface area contributed by atoms with Crippen LogP contribution in [0.3, 0.4) is 0 Å². The zero-order valence-corrected chi connectivity index (χ0v) is 13.1. The third kappa shape index (κ3) is 3.37. The lowest BCUT2D eigenvalue weighted by Crippen LogP contribution is -2.23. The maximum Gasteiger partial charge on any atom is 0.0951 e. The fourth-order valence-electron chi connectivity index (χ4n) is 2.80. The molecule has 0 spiro atoms. The first-order chi connectivity index (χ1) is 8.44. The van der Waals surface area contributed by atoms with Crippen molar-refractivity contribution in [3.8, 4) is 0 Å². The largest absolute Gasteiger partial charge is 0.334 e. The van der Waals surface area contributed by atoms with E-state index in [1.807, 2.05) is 0 Å². The highest BCUT2D eigenvalue weighted by Gasteiger charge is 2.28. The van der Waals surface area contributed by atoms with Gasteiger partial charge in [-0.05, 0) is 18.8 Å². The van der Waals surface area contributed by atoms with E-state index in [0.717, 1.165) is 6.54 Å². The van der Waals surface area contributed by atoms with Gasteiger partial charge in [0.25, 0.3) is 0 Å². The third-order valence-corrected chi connectivity index (χ3v) is 3.68. The van der Waals surface area contributed by atoms with Crippen LogP contribution in [0.4, 0.5) is 0 Å². The normalized spacial score (nSPS) is 12.4. The molecular formula is C16H30N2. The van der Waals surface area contributed by atoms with E-state index in [4.69, 9.17) is 0 Å². The number of hydrogen-bond acceptors (Lipinski definition) is 1. The van der Waals surface area contributed by atoms with Gasteiger partial charge in [0.05, 0.1) is 12.0 Å². The molecule has 0 N–H and O–H groups in total. The molecule has 0 aromatic carbocycles. The summed E-state index contributed by atoms with van der Waals surface area (Å²) in [5.74, 6) is 0.513. The second-order valence-electron chi connectivity index (χ2n) is 6.31. The minimum Gasteiger partial charge on any atom is -0.334 e. The lowest BCUT2D eigenvalue weighted by atomic mass is 9.81. The topological polar surface area (TPSA) is 17.8 Å². The van der Waals surface area contributed by atoms with Crippen LogP contribution in [-0.4, -0.2) is 9.55 Å². The minimum atomic E-state index is 0.235. The van der Waals surface area contributed by atoms with Crippen LogP contribution in [0.2, 0.25) is 0 Å². The Balaban J connectivity index is 3.13. The Morgan fingerprint density at radius 2 is 1.89 bits per heavy atom. The highest BCUT2D eigenvalue weighted by Crippen LogP contribution is 2.34. The summed E-state index contributed by atoms with van der Waals surface area (Å²) in [5, 5.41) is 0. The van der Waals surface area contributed by atoms with E-state index < -0.39 is 0 Å². The third-order valence-electron chi connectivity index (χ3n) is 3.68. The molecule has 1 aromatic rings. The summed E-state index contributed by atoms with van der Waals surface area (Å²) < 4.78 is 2.40. The molecule has 18 heavy (non-hydrogen) atoms. The fraction of sp³-hybridized carbons (Fsp3) is 0.812. The van der Waals surface area contributed by atoms with Crippen LogP contribution in [0.15, 0.2) is 6.33 Å². The van der Waals surface area contributed by atoms with E-state index in [-0.39, 0.29) is 5.41 Å². The van der Waals surface area contributed by atoms with Crippen molar-refractivity contribution >= 4 is 0 Å². The summed E-state index contributed by atoms with van der Waals surface area (Å²) >= 11 is 0. The van der Waals surface area contributed by atoms with Crippen LogP contribution in [0.5, 0.6) is 0 Å². The molecule has 0 saturated heterocycles. The molecule has 2 nitrogen and oxygen atoms in total. The van der Waals surface area contributed by atoms with Crippen LogP contribution in [0, 0.1) is 0 Å². The average Bonchev–Trinajstić information content (AvgIpc) is 2.70. The number of hydrogen-bond donors (Lipinski definition) is 0. The first-order valence-electron chi connectivity index (χ1n) is 7.49. The molecule has 0 atom stereocenters. The molecule has 0 aliphatic carbocycles. The maximum absolute atomic E-state index is 4.68. The highest BCUT2D eigenvalue weighted by atomic mass is 15.1. The SMILES string of the molecule is CCCCn1cnc(C(C)C)c1C(C)(C)CCC. The van der Waals surface area contributed by atoms with Gasteiger partial charge in [-0.25, -0.2) is 4.98 Å². The second-order valence-corrected chi connectivity index (χ2v) is 6.31. The zero-order valence-electron chi connectivity index (χ0n) is 13.1. The number of aromatic nitrogens is 2. The molecule has 1 rings (SSSR count). The van der Waals surface area contributed by atoms with Crippen molar-refractivity contribution < 1.29 is 0 Å². The first-order valence-corrected chi connectivity index (χ1v) is 7.49. The average molecular weight is 250 g/mol. The Hall–Kier alpha value is -0.790. The second kappa shape index (κ2) is 6.40. The van der Waals surface area contributed by atoms with Gasteiger partial charge in [-0.3, -0.25) is 0 Å². The fourth-order valence-corrected chi connectivity index (χ4v) is 2.80. The van der Waals surface area contributed by atoms with E-state index in [9.17, 15) is 0 Å². The smallest absolute Gasteiger partial charge is 0.0951 e. The lowest BCUT2D eigenvalue weighted by molar-refractivity contribution is 0.424. The van der Waals surface area contributed by atoms with Crippen LogP contribution in [-0.2, 0) is 12.0 Å². The van der Waals surface area contributed by atoms with E-state index in [1.165, 1.54) is 37.1 Å². The van der Waals surface area contributed by atoms with E-state index in [1.54, 1.807) is 0 Å². The lowest BCUT2D eigenvalue weighted by Gasteiger charge is -2.28. The molecule has 104 valence electrons. The Labute approximate surface area is 113 Å². The van der Waals surface area contributed by atoms with Gasteiger partial charge in [-0.1, -0.05) is 54.4 Å². The molecule has 2 heteroatoms. The number of aryl methyl sites for hydroxylation is 1. The summed E-state index contributed by atoms with van der Waals surface area (Å²) in [4.78, 5) is 4.68. The van der Waals surface area contributed by atoms with Gasteiger partial charge >= 0.3 is 0 Å². The van der Waals surface area contributed by atoms with Crippen LogP contribution >= 0.6 is 0 Å². The van der Waals surface area contributed by atoms with Gasteiger partial charge in [0.15, 0.2) is 0 Å². The Kier molecular flexibility index (Phi) is 5.43. The van der Waals surface area contributed by atoms with Crippen molar-refractivity contribution in [2.75, 3.05) is 0 Å². The predicted octanol–water partition coefficient (Wildman–Crippen LogP) is 4.88. The van der Waals surface area contributed by atoms with Crippen LogP contribution in [0.25, 0.3) is 0 Å². The summed E-state index contributed by atoms with van der Waals surface area (Å²) in [5.41, 5.74) is 3.00. The molecule has 0 aliphatic rings. The maximum atomic E-state index is 4.68. The number of unbranched alkanes of at least 4 members (excludes halogenated alkanes) is 1. The number of rotatable bonds is 7. The molecule has 0 unspecified atom stereocenters. The zero-order chi connectivity index (χ0) is 13.8. The standard InChI is InChI=1S/C16H30N2/c1-7-9-11-18-12-17-14(13(3)4)15(18)16(5,6)10-8-2/h12-13H,7-11H2,1-6H3. The summed E-state index contributed by atoms with van der Waals surface area (Å²) in [7, 11) is 0. The van der Waals surface area contributed by atoms with Gasteiger partial charge in [-0.2, -0.15) is 0 Å². The Morgan fingerprint density at radius 1 is 1.22 bits per heavy atom. The predicted molar refractivity (Wildman–Crippen MR) is 79.2 cm³/mol. The van der Waals surface area contributed by atoms with Gasteiger partial charge in [0.1, 0.15) is 0 Å². The van der Waals surface area contributed by atoms with Crippen molar-refractivity contribution in [1.82, 2.24) is 9.55 Å². The quantitative estimate of drug-likeness (QED) is 0.674. The van der Waals surface area contributed by atoms with Gasteiger partial charge in [0, 0.05) is 17.7 Å². The van der Waals surface area contributed by atoms with Crippen molar-refractivity contribution in [2.45, 2.75) is 85.1 Å². The van der Waals surface area contributed by atoms with Gasteiger partial charge < -0.3 is 4.57 Å². The molecule has 1 aromatic heterocycles. The van der Waals surface area contributed by atoms with E-state index in [2.05, 4.69) is 57.4 Å². The Morgan fingerprint density at radius 3 is 2.39 bits per heavy atom. The molecule has 0 aliphatic heterocycles. The monoisotopic (exact) mass is 250 g/mol. The van der Waals surface area contributed by atoms with E-state index in [0.29, 0.717) is 5.92 Å². The first kappa shape index (κ1) is 15.3. The van der Waals surface area contributed by atoms with Crippen molar-refractivity contribution in [1.29, 1.82) is 0 Å². The van der Waals surface area contributed by atoms with Gasteiger partial charge in [0.2, 0.25) is 0 Å². The minimum absolute atomic E-state index is 0.235.